The molecule has 0 radical (unpaired) electrons. The van der Waals surface area contributed by atoms with Gasteiger partial charge in [0, 0.05) is 18.7 Å². The molecule has 9 heteroatoms. The van der Waals surface area contributed by atoms with E-state index in [4.69, 9.17) is 4.52 Å². The number of hydrogen-bond acceptors (Lipinski definition) is 6. The Hall–Kier alpha value is -3.62. The zero-order valence-corrected chi connectivity index (χ0v) is 18.8. The molecule has 4 rings (SSSR count). The average Bonchev–Trinajstić information content (AvgIpc) is 3.54. The van der Waals surface area contributed by atoms with Gasteiger partial charge in [-0.2, -0.15) is 4.98 Å². The maximum atomic E-state index is 13.1. The number of pyridine rings is 1. The van der Waals surface area contributed by atoms with E-state index in [9.17, 15) is 14.0 Å². The Balaban J connectivity index is 1.41. The molecule has 1 aromatic carbocycles. The van der Waals surface area contributed by atoms with Gasteiger partial charge in [-0.25, -0.2) is 9.37 Å². The number of alkyl halides is 1. The van der Waals surface area contributed by atoms with Crippen molar-refractivity contribution in [2.75, 3.05) is 12.0 Å². The third-order valence-corrected chi connectivity index (χ3v) is 5.62. The topological polar surface area (TPSA) is 110 Å². The lowest BCUT2D eigenvalue weighted by molar-refractivity contribution is -0.117. The van der Waals surface area contributed by atoms with Gasteiger partial charge in [-0.05, 0) is 68.0 Å². The van der Waals surface area contributed by atoms with Crippen LogP contribution in [-0.4, -0.2) is 33.6 Å². The number of carbonyl (C=O) groups is 2. The smallest absolute Gasteiger partial charge is 0.292 e. The van der Waals surface area contributed by atoms with Crippen molar-refractivity contribution in [3.63, 3.8) is 0 Å². The molecule has 33 heavy (non-hydrogen) atoms. The number of carbonyl (C=O) groups excluding carboxylic acids is 2. The van der Waals surface area contributed by atoms with Crippen molar-refractivity contribution in [2.45, 2.75) is 45.6 Å². The first kappa shape index (κ1) is 22.6. The highest BCUT2D eigenvalue weighted by Crippen LogP contribution is 2.30. The van der Waals surface area contributed by atoms with E-state index >= 15 is 0 Å². The van der Waals surface area contributed by atoms with Crippen LogP contribution in [0, 0.1) is 12.8 Å². The van der Waals surface area contributed by atoms with Gasteiger partial charge >= 0.3 is 0 Å². The van der Waals surface area contributed by atoms with Crippen LogP contribution in [-0.2, 0) is 16.8 Å². The Morgan fingerprint density at radius 1 is 1.18 bits per heavy atom. The molecular weight excluding hydrogens is 425 g/mol. The van der Waals surface area contributed by atoms with Crippen LogP contribution in [0.2, 0.25) is 0 Å². The zero-order chi connectivity index (χ0) is 23.6. The van der Waals surface area contributed by atoms with Crippen molar-refractivity contribution >= 4 is 17.6 Å². The van der Waals surface area contributed by atoms with Gasteiger partial charge in [0.05, 0.1) is 5.41 Å². The molecule has 2 N–H and O–H groups in total. The van der Waals surface area contributed by atoms with E-state index in [1.54, 1.807) is 20.0 Å². The van der Waals surface area contributed by atoms with Crippen LogP contribution < -0.4 is 10.6 Å². The van der Waals surface area contributed by atoms with Gasteiger partial charge in [-0.15, -0.1) is 0 Å². The lowest BCUT2D eigenvalue weighted by Crippen LogP contribution is -2.25. The molecule has 1 aliphatic carbocycles. The Morgan fingerprint density at radius 2 is 1.94 bits per heavy atom. The minimum atomic E-state index is -0.939. The molecule has 0 unspecified atom stereocenters. The number of nitrogens with one attached hydrogen (secondary N) is 2. The lowest BCUT2D eigenvalue weighted by Gasteiger charge is -2.13. The highest BCUT2D eigenvalue weighted by atomic mass is 19.1. The molecule has 0 spiro atoms. The molecule has 0 aliphatic heterocycles. The summed E-state index contributed by atoms with van der Waals surface area (Å²) in [4.78, 5) is 32.6. The maximum absolute atomic E-state index is 13.1. The molecular formula is C24H26FN5O3. The molecule has 1 saturated carbocycles. The fraction of sp³-hybridized carbons (Fsp3) is 0.375. The summed E-state index contributed by atoms with van der Waals surface area (Å²) in [5, 5.41) is 9.30. The van der Waals surface area contributed by atoms with Crippen molar-refractivity contribution < 1.29 is 18.5 Å². The van der Waals surface area contributed by atoms with E-state index < -0.39 is 18.0 Å². The van der Waals surface area contributed by atoms with Crippen molar-refractivity contribution in [3.05, 3.63) is 59.4 Å². The maximum Gasteiger partial charge on any atom is 0.292 e. The third-order valence-electron chi connectivity index (χ3n) is 5.62. The standard InChI is InChI=1S/C24H26FN5O3/c1-14-10-16(17-8-9-26-19(11-17)28-21(31)15-4-5-15)6-7-18(14)12-27-22(32)20-29-23(33-30-20)24(2,3)13-25/h6-11,15H,4-5,12-13H2,1-3H3,(H,27,32)(H,26,28,31). The average molecular weight is 452 g/mol. The summed E-state index contributed by atoms with van der Waals surface area (Å²) >= 11 is 0. The number of hydrogen-bond donors (Lipinski definition) is 2. The van der Waals surface area contributed by atoms with Crippen molar-refractivity contribution in [1.82, 2.24) is 20.4 Å². The minimum Gasteiger partial charge on any atom is -0.345 e. The van der Waals surface area contributed by atoms with E-state index in [0.717, 1.165) is 35.1 Å². The summed E-state index contributed by atoms with van der Waals surface area (Å²) in [6, 6.07) is 9.63. The second-order valence-corrected chi connectivity index (χ2v) is 8.96. The summed E-state index contributed by atoms with van der Waals surface area (Å²) in [5.74, 6) is 0.131. The largest absolute Gasteiger partial charge is 0.345 e. The molecule has 2 amide bonds. The fourth-order valence-corrected chi connectivity index (χ4v) is 3.23. The highest BCUT2D eigenvalue weighted by molar-refractivity contribution is 5.93. The molecule has 0 atom stereocenters. The van der Waals surface area contributed by atoms with Gasteiger partial charge in [-0.3, -0.25) is 9.59 Å². The number of aromatic nitrogens is 3. The van der Waals surface area contributed by atoms with Gasteiger partial charge in [0.1, 0.15) is 12.5 Å². The second kappa shape index (κ2) is 9.09. The monoisotopic (exact) mass is 451 g/mol. The molecule has 8 nitrogen and oxygen atoms in total. The van der Waals surface area contributed by atoms with Crippen LogP contribution in [0.5, 0.6) is 0 Å². The van der Waals surface area contributed by atoms with Crippen molar-refractivity contribution in [2.24, 2.45) is 5.92 Å². The number of anilines is 1. The predicted molar refractivity (Wildman–Crippen MR) is 120 cm³/mol. The first-order valence-electron chi connectivity index (χ1n) is 10.8. The molecule has 1 fully saturated rings. The molecule has 172 valence electrons. The zero-order valence-electron chi connectivity index (χ0n) is 18.8. The number of rotatable bonds is 8. The quantitative estimate of drug-likeness (QED) is 0.536. The first-order chi connectivity index (χ1) is 15.8. The summed E-state index contributed by atoms with van der Waals surface area (Å²) < 4.78 is 18.1. The third kappa shape index (κ3) is 5.24. The summed E-state index contributed by atoms with van der Waals surface area (Å²) in [7, 11) is 0. The molecule has 0 bridgehead atoms. The van der Waals surface area contributed by atoms with E-state index in [1.807, 2.05) is 37.3 Å². The van der Waals surface area contributed by atoms with Crippen molar-refractivity contribution in [1.29, 1.82) is 0 Å². The van der Waals surface area contributed by atoms with E-state index in [-0.39, 0.29) is 30.1 Å². The summed E-state index contributed by atoms with van der Waals surface area (Å²) in [6.07, 6.45) is 3.54. The van der Waals surface area contributed by atoms with Crippen LogP contribution >= 0.6 is 0 Å². The Morgan fingerprint density at radius 3 is 2.64 bits per heavy atom. The number of aryl methyl sites for hydroxylation is 1. The number of nitrogens with zero attached hydrogens (tertiary/aromatic N) is 3. The van der Waals surface area contributed by atoms with E-state index in [2.05, 4.69) is 25.8 Å². The number of amides is 2. The number of halogens is 1. The van der Waals surface area contributed by atoms with Gasteiger partial charge in [0.25, 0.3) is 11.7 Å². The fourth-order valence-electron chi connectivity index (χ4n) is 3.23. The summed E-state index contributed by atoms with van der Waals surface area (Å²) in [5.41, 5.74) is 2.88. The molecule has 0 saturated heterocycles. The molecule has 2 aromatic heterocycles. The predicted octanol–water partition coefficient (Wildman–Crippen LogP) is 3.97. The van der Waals surface area contributed by atoms with E-state index in [1.165, 1.54) is 0 Å². The lowest BCUT2D eigenvalue weighted by atomic mass is 9.96. The Kier molecular flexibility index (Phi) is 6.22. The molecule has 1 aliphatic rings. The first-order valence-corrected chi connectivity index (χ1v) is 10.8. The Bertz CT molecular complexity index is 1190. The van der Waals surface area contributed by atoms with Crippen LogP contribution in [0.3, 0.4) is 0 Å². The van der Waals surface area contributed by atoms with Crippen LogP contribution in [0.25, 0.3) is 11.1 Å². The van der Waals surface area contributed by atoms with Gasteiger partial charge in [-0.1, -0.05) is 23.4 Å². The minimum absolute atomic E-state index is 0.0175. The highest BCUT2D eigenvalue weighted by Gasteiger charge is 2.30. The van der Waals surface area contributed by atoms with Gasteiger partial charge in [0.2, 0.25) is 11.8 Å². The van der Waals surface area contributed by atoms with Crippen LogP contribution in [0.4, 0.5) is 10.2 Å². The SMILES string of the molecule is Cc1cc(-c2ccnc(NC(=O)C3CC3)c2)ccc1CNC(=O)c1noc(C(C)(C)CF)n1. The van der Waals surface area contributed by atoms with Gasteiger partial charge in [0.15, 0.2) is 0 Å². The number of benzene rings is 1. The van der Waals surface area contributed by atoms with Crippen LogP contribution in [0.15, 0.2) is 41.1 Å². The Labute approximate surface area is 191 Å². The second-order valence-electron chi connectivity index (χ2n) is 8.96. The van der Waals surface area contributed by atoms with E-state index in [0.29, 0.717) is 5.82 Å². The van der Waals surface area contributed by atoms with Crippen molar-refractivity contribution in [3.8, 4) is 11.1 Å². The summed E-state index contributed by atoms with van der Waals surface area (Å²) in [6.45, 7) is 4.81. The van der Waals surface area contributed by atoms with Crippen LogP contribution in [0.1, 0.15) is 54.3 Å². The van der Waals surface area contributed by atoms with Gasteiger partial charge < -0.3 is 15.2 Å². The normalized spacial score (nSPS) is 13.6. The molecule has 3 aromatic rings. The molecule has 2 heterocycles.